The Hall–Kier alpha value is -3.68. The average molecular weight is 765 g/mol. The second-order valence-electron chi connectivity index (χ2n) is 13.5. The maximum atomic E-state index is 14.6. The quantitative estimate of drug-likeness (QED) is 0.285. The molecular weight excluding hydrogens is 728 g/mol. The van der Waals surface area contributed by atoms with Crippen molar-refractivity contribution in [3.8, 4) is 0 Å². The van der Waals surface area contributed by atoms with Gasteiger partial charge in [-0.3, -0.25) is 24.4 Å². The van der Waals surface area contributed by atoms with Gasteiger partial charge in [0.1, 0.15) is 28.4 Å². The number of pyridine rings is 1. The summed E-state index contributed by atoms with van der Waals surface area (Å²) >= 11 is 0. The van der Waals surface area contributed by atoms with Crippen LogP contribution in [0.15, 0.2) is 47.6 Å². The summed E-state index contributed by atoms with van der Waals surface area (Å²) in [5.41, 5.74) is -2.15. The first-order valence-electron chi connectivity index (χ1n) is 15.2. The summed E-state index contributed by atoms with van der Waals surface area (Å²) in [7, 11) is -14.2. The second kappa shape index (κ2) is 12.5. The lowest BCUT2D eigenvalue weighted by atomic mass is 9.91. The molecule has 2 aromatic rings. The van der Waals surface area contributed by atoms with Gasteiger partial charge in [0.05, 0.1) is 11.4 Å². The monoisotopic (exact) mass is 764 g/mol. The van der Waals surface area contributed by atoms with Crippen LogP contribution in [0.25, 0.3) is 0 Å². The molecule has 2 heterocycles. The Morgan fingerprint density at radius 2 is 1.62 bits per heavy atom. The molecule has 1 N–H and O–H groups in total. The number of rotatable bonds is 8. The molecule has 1 aliphatic carbocycles. The van der Waals surface area contributed by atoms with Crippen LogP contribution in [0.4, 0.5) is 43.1 Å². The first kappa shape index (κ1) is 39.1. The number of carbonyl (C=O) groups is 3. The zero-order valence-corrected chi connectivity index (χ0v) is 28.9. The average Bonchev–Trinajstić information content (AvgIpc) is 3.41. The van der Waals surface area contributed by atoms with Gasteiger partial charge in [-0.25, -0.2) is 26.4 Å². The van der Waals surface area contributed by atoms with Gasteiger partial charge in [-0.2, -0.15) is 0 Å². The highest BCUT2D eigenvalue weighted by Crippen LogP contribution is 3.02. The van der Waals surface area contributed by atoms with Crippen molar-refractivity contribution in [1.82, 2.24) is 15.2 Å². The van der Waals surface area contributed by atoms with Gasteiger partial charge in [0.15, 0.2) is 9.84 Å². The highest BCUT2D eigenvalue weighted by atomic mass is 32.5. The minimum absolute atomic E-state index is 0.0290. The predicted molar refractivity (Wildman–Crippen MR) is 168 cm³/mol. The lowest BCUT2D eigenvalue weighted by molar-refractivity contribution is -0.129. The van der Waals surface area contributed by atoms with Crippen molar-refractivity contribution in [2.75, 3.05) is 17.7 Å². The Bertz CT molecular complexity index is 1750. The fraction of sp³-hybridized carbons (Fsp3) is 0.533. The highest BCUT2D eigenvalue weighted by molar-refractivity contribution is 8.45. The van der Waals surface area contributed by atoms with Crippen molar-refractivity contribution in [2.45, 2.75) is 92.7 Å². The summed E-state index contributed by atoms with van der Waals surface area (Å²) in [5, 5.41) is 1.15. The molecule has 1 saturated carbocycles. The highest BCUT2D eigenvalue weighted by Gasteiger charge is 2.65. The molecule has 1 aromatic carbocycles. The number of alkyl halides is 2. The number of likely N-dealkylation sites (tertiary alicyclic amines) is 1. The fourth-order valence-corrected chi connectivity index (χ4v) is 7.37. The van der Waals surface area contributed by atoms with Crippen LogP contribution in [-0.4, -0.2) is 77.9 Å². The maximum Gasteiger partial charge on any atom is 0.411 e. The van der Waals surface area contributed by atoms with Crippen molar-refractivity contribution in [3.05, 3.63) is 54.1 Å². The molecule has 0 bridgehead atoms. The number of amides is 3. The summed E-state index contributed by atoms with van der Waals surface area (Å²) in [6, 6.07) is -3.08. The number of nitrogens with zero attached hydrogens (tertiary/aromatic N) is 3. The molecule has 2 aliphatic rings. The zero-order valence-electron chi connectivity index (χ0n) is 27.2. The third-order valence-electron chi connectivity index (χ3n) is 8.19. The summed E-state index contributed by atoms with van der Waals surface area (Å²) < 4.78 is 141. The molecule has 3 atom stereocenters. The van der Waals surface area contributed by atoms with Gasteiger partial charge < -0.3 is 10.1 Å². The van der Waals surface area contributed by atoms with Crippen molar-refractivity contribution >= 4 is 43.7 Å². The molecule has 3 amide bonds. The third-order valence-corrected chi connectivity index (χ3v) is 10.9. The Kier molecular flexibility index (Phi) is 9.79. The zero-order chi connectivity index (χ0) is 37.7. The molecule has 50 heavy (non-hydrogen) atoms. The van der Waals surface area contributed by atoms with Crippen LogP contribution in [0.3, 0.4) is 0 Å². The minimum Gasteiger partial charge on any atom is -0.444 e. The van der Waals surface area contributed by atoms with E-state index in [0.29, 0.717) is 17.0 Å². The van der Waals surface area contributed by atoms with Crippen LogP contribution >= 0.6 is 10.2 Å². The number of sulfone groups is 1. The summed E-state index contributed by atoms with van der Waals surface area (Å²) in [6.07, 6.45) is -0.878. The number of halogens is 8. The number of anilines is 1. The molecular formula is C30H36F8N4O6S2. The van der Waals surface area contributed by atoms with E-state index in [1.807, 2.05) is 0 Å². The van der Waals surface area contributed by atoms with E-state index >= 15 is 0 Å². The standard InChI is InChI=1S/C30H36F8N4O6S2/c1-29(2,3)48-28(45)41-17-22(49(4,46)47)14-24(41)27(44)42(21-5-7-23(8-6-21)50(34,35,36,37)38)25(18-13-19(31)16-39-15-18)26(43)40-20-9-11-30(32,33)12-10-20/h5-8,13,15-16,20,22,24-25H,9-12,14,17H2,1-4H3,(H,40,43)/t22-,24+,25?/m0/s1. The van der Waals surface area contributed by atoms with E-state index < -0.39 is 115 Å². The topological polar surface area (TPSA) is 126 Å². The largest absolute Gasteiger partial charge is 0.444 e. The van der Waals surface area contributed by atoms with E-state index in [9.17, 15) is 55.4 Å². The smallest absolute Gasteiger partial charge is 0.411 e. The lowest BCUT2D eigenvalue weighted by Crippen LogP contribution is -2.54. The molecule has 10 nitrogen and oxygen atoms in total. The number of hydrogen-bond donors (Lipinski definition) is 1. The number of nitrogens with one attached hydrogen (secondary N) is 1. The van der Waals surface area contributed by atoms with Crippen molar-refractivity contribution in [2.24, 2.45) is 0 Å². The molecule has 2 fully saturated rings. The van der Waals surface area contributed by atoms with Gasteiger partial charge in [0, 0.05) is 49.1 Å². The van der Waals surface area contributed by atoms with Crippen LogP contribution in [-0.2, 0) is 24.2 Å². The Morgan fingerprint density at radius 1 is 1.04 bits per heavy atom. The van der Waals surface area contributed by atoms with Gasteiger partial charge in [-0.1, -0.05) is 19.4 Å². The van der Waals surface area contributed by atoms with E-state index in [2.05, 4.69) is 10.3 Å². The molecule has 1 unspecified atom stereocenters. The van der Waals surface area contributed by atoms with Crippen LogP contribution in [0, 0.1) is 5.82 Å². The first-order valence-corrected chi connectivity index (χ1v) is 19.1. The molecule has 1 saturated heterocycles. The minimum atomic E-state index is -10.3. The van der Waals surface area contributed by atoms with E-state index in [1.54, 1.807) is 0 Å². The number of benzene rings is 1. The van der Waals surface area contributed by atoms with Gasteiger partial charge >= 0.3 is 16.3 Å². The van der Waals surface area contributed by atoms with Gasteiger partial charge in [0.25, 0.3) is 5.91 Å². The fourth-order valence-electron chi connectivity index (χ4n) is 5.75. The Morgan fingerprint density at radius 3 is 2.12 bits per heavy atom. The summed E-state index contributed by atoms with van der Waals surface area (Å²) in [4.78, 5) is 44.6. The normalized spacial score (nSPS) is 22.2. The van der Waals surface area contributed by atoms with Crippen LogP contribution < -0.4 is 10.2 Å². The van der Waals surface area contributed by atoms with E-state index in [0.717, 1.165) is 29.6 Å². The summed E-state index contributed by atoms with van der Waals surface area (Å²) in [5.74, 6) is -6.46. The van der Waals surface area contributed by atoms with Crippen LogP contribution in [0.2, 0.25) is 0 Å². The van der Waals surface area contributed by atoms with Gasteiger partial charge in [-0.15, -0.1) is 0 Å². The van der Waals surface area contributed by atoms with E-state index in [4.69, 9.17) is 4.74 Å². The van der Waals surface area contributed by atoms with E-state index in [-0.39, 0.29) is 30.5 Å². The number of ether oxygens (including phenoxy) is 1. The van der Waals surface area contributed by atoms with Crippen LogP contribution in [0.5, 0.6) is 0 Å². The van der Waals surface area contributed by atoms with Crippen molar-refractivity contribution < 1.29 is 60.1 Å². The van der Waals surface area contributed by atoms with Crippen molar-refractivity contribution in [3.63, 3.8) is 0 Å². The number of carbonyl (C=O) groups excluding carboxylic acids is 3. The predicted octanol–water partition coefficient (Wildman–Crippen LogP) is 7.07. The molecule has 4 rings (SSSR count). The maximum absolute atomic E-state index is 14.6. The molecule has 1 aliphatic heterocycles. The number of aromatic nitrogens is 1. The van der Waals surface area contributed by atoms with Crippen LogP contribution in [0.1, 0.15) is 64.5 Å². The van der Waals surface area contributed by atoms with Crippen molar-refractivity contribution in [1.29, 1.82) is 0 Å². The summed E-state index contributed by atoms with van der Waals surface area (Å²) in [6.45, 7) is 3.88. The first-order chi connectivity index (χ1) is 22.5. The molecule has 1 aromatic heterocycles. The van der Waals surface area contributed by atoms with E-state index in [1.165, 1.54) is 20.8 Å². The molecule has 280 valence electrons. The molecule has 20 heteroatoms. The Labute approximate surface area is 283 Å². The Balaban J connectivity index is 1.89. The van der Waals surface area contributed by atoms with Gasteiger partial charge in [-0.05, 0) is 70.4 Å². The van der Waals surface area contributed by atoms with Gasteiger partial charge in [0.2, 0.25) is 11.8 Å². The second-order valence-corrected chi connectivity index (χ2v) is 18.2. The number of hydrogen-bond acceptors (Lipinski definition) is 7. The molecule has 0 radical (unpaired) electrons. The third kappa shape index (κ3) is 9.55. The lowest BCUT2D eigenvalue weighted by Gasteiger charge is -2.41. The molecule has 0 spiro atoms. The SMILES string of the molecule is CC(C)(C)OC(=O)N1C[C@@H](S(C)(=O)=O)C[C@@H]1C(=O)N(c1ccc(S(F)(F)(F)(F)F)cc1)C(C(=O)NC1CCC(F)(F)CC1)c1cncc(F)c1.